The zero-order valence-corrected chi connectivity index (χ0v) is 17.6. The van der Waals surface area contributed by atoms with Crippen molar-refractivity contribution in [3.63, 3.8) is 0 Å². The number of nitrogens with one attached hydrogen (secondary N) is 1. The van der Waals surface area contributed by atoms with Crippen LogP contribution in [0.4, 0.5) is 0 Å². The van der Waals surface area contributed by atoms with Crippen molar-refractivity contribution in [2.45, 2.75) is 0 Å². The molecule has 3 heterocycles. The number of hydrogen-bond donors (Lipinski definition) is 1. The maximum absolute atomic E-state index is 5.43. The third-order valence-electron chi connectivity index (χ3n) is 4.63. The van der Waals surface area contributed by atoms with Gasteiger partial charge >= 0.3 is 0 Å². The van der Waals surface area contributed by atoms with E-state index in [1.54, 1.807) is 34.0 Å². The number of rotatable bonds is 2. The molecule has 0 atom stereocenters. The number of fused-ring (bicyclic) bond motifs is 3. The van der Waals surface area contributed by atoms with Crippen LogP contribution in [0, 0.1) is 3.95 Å². The molecule has 0 aliphatic heterocycles. The number of H-pyrrole nitrogens is 1. The highest BCUT2D eigenvalue weighted by molar-refractivity contribution is 7.73. The average Bonchev–Trinajstić information content (AvgIpc) is 3.41. The van der Waals surface area contributed by atoms with E-state index in [0.717, 1.165) is 46.3 Å². The van der Waals surface area contributed by atoms with Crippen molar-refractivity contribution in [2.24, 2.45) is 0 Å². The molecule has 3 nitrogen and oxygen atoms in total. The number of aromatic amines is 1. The van der Waals surface area contributed by atoms with Gasteiger partial charge < -0.3 is 4.98 Å². The molecule has 0 aliphatic carbocycles. The van der Waals surface area contributed by atoms with E-state index in [9.17, 15) is 0 Å². The van der Waals surface area contributed by atoms with Crippen molar-refractivity contribution in [3.8, 4) is 21.1 Å². The summed E-state index contributed by atoms with van der Waals surface area (Å²) in [5.41, 5.74) is 5.27. The summed E-state index contributed by atoms with van der Waals surface area (Å²) >= 11 is 10.4. The fourth-order valence-corrected chi connectivity index (χ4v) is 6.53. The molecule has 0 fully saturated rings. The lowest BCUT2D eigenvalue weighted by Crippen LogP contribution is -1.86. The van der Waals surface area contributed by atoms with Gasteiger partial charge in [-0.15, -0.1) is 34.0 Å². The van der Waals surface area contributed by atoms with Crippen LogP contribution < -0.4 is 0 Å². The predicted octanol–water partition coefficient (Wildman–Crippen LogP) is 7.51. The van der Waals surface area contributed by atoms with Crippen LogP contribution in [0.5, 0.6) is 0 Å². The lowest BCUT2D eigenvalue weighted by molar-refractivity contribution is 1.42. The molecule has 0 unspecified atom stereocenters. The summed E-state index contributed by atoms with van der Waals surface area (Å²) in [6.07, 6.45) is 0. The largest absolute Gasteiger partial charge is 0.336 e. The van der Waals surface area contributed by atoms with Crippen LogP contribution in [-0.2, 0) is 0 Å². The Kier molecular flexibility index (Phi) is 3.70. The number of hydrogen-bond acceptors (Lipinski definition) is 6. The third-order valence-corrected chi connectivity index (χ3v) is 7.95. The van der Waals surface area contributed by atoms with Gasteiger partial charge in [0.1, 0.15) is 10.0 Å². The molecule has 0 saturated carbocycles. The summed E-state index contributed by atoms with van der Waals surface area (Å²) in [5.74, 6) is 0. The topological polar surface area (TPSA) is 41.6 Å². The number of benzene rings is 3. The maximum atomic E-state index is 5.43. The van der Waals surface area contributed by atoms with Gasteiger partial charge in [-0.25, -0.2) is 9.97 Å². The first-order valence-corrected chi connectivity index (χ1v) is 11.5. The zero-order valence-electron chi connectivity index (χ0n) is 14.3. The number of thiazole rings is 3. The summed E-state index contributed by atoms with van der Waals surface area (Å²) in [6, 6.07) is 20.8. The molecule has 0 aliphatic rings. The first-order chi connectivity index (χ1) is 13.8. The Morgan fingerprint density at radius 2 is 1.32 bits per heavy atom. The van der Waals surface area contributed by atoms with Crippen LogP contribution in [0.15, 0.2) is 60.7 Å². The van der Waals surface area contributed by atoms with E-state index in [-0.39, 0.29) is 0 Å². The minimum atomic E-state index is 0.777. The Morgan fingerprint density at radius 1 is 0.679 bits per heavy atom. The monoisotopic (exact) mass is 433 g/mol. The Labute approximate surface area is 177 Å². The number of para-hydroxylation sites is 2. The predicted molar refractivity (Wildman–Crippen MR) is 124 cm³/mol. The van der Waals surface area contributed by atoms with Crippen molar-refractivity contribution in [3.05, 3.63) is 64.6 Å². The summed E-state index contributed by atoms with van der Waals surface area (Å²) in [7, 11) is 0. The van der Waals surface area contributed by atoms with Crippen molar-refractivity contribution >= 4 is 76.9 Å². The Morgan fingerprint density at radius 3 is 2.04 bits per heavy atom. The smallest absolute Gasteiger partial charge is 0.159 e. The third kappa shape index (κ3) is 2.55. The highest BCUT2D eigenvalue weighted by atomic mass is 32.1. The lowest BCUT2D eigenvalue weighted by atomic mass is 10.1. The van der Waals surface area contributed by atoms with Gasteiger partial charge in [0.2, 0.25) is 0 Å². The minimum Gasteiger partial charge on any atom is -0.336 e. The van der Waals surface area contributed by atoms with E-state index >= 15 is 0 Å². The Hall–Kier alpha value is -2.45. The van der Waals surface area contributed by atoms with E-state index in [1.165, 1.54) is 9.40 Å². The maximum Gasteiger partial charge on any atom is 0.159 e. The molecule has 28 heavy (non-hydrogen) atoms. The quantitative estimate of drug-likeness (QED) is 0.287. The van der Waals surface area contributed by atoms with Crippen LogP contribution in [0.3, 0.4) is 0 Å². The van der Waals surface area contributed by atoms with Gasteiger partial charge in [-0.3, -0.25) is 0 Å². The Balaban J connectivity index is 1.71. The molecule has 1 N–H and O–H groups in total. The van der Waals surface area contributed by atoms with E-state index in [4.69, 9.17) is 22.2 Å². The zero-order chi connectivity index (χ0) is 18.7. The molecule has 7 heteroatoms. The second-order valence-corrected chi connectivity index (χ2v) is 10.1. The molecular formula is C21H11N3S4. The first-order valence-electron chi connectivity index (χ1n) is 8.64. The SMILES string of the molecule is S=c1[nH]c2c(-c3nc4ccccc4s3)c(-c3nc4ccccc4s3)ccc2s1. The average molecular weight is 434 g/mol. The summed E-state index contributed by atoms with van der Waals surface area (Å²) in [6.45, 7) is 0. The second kappa shape index (κ2) is 6.28. The molecule has 0 amide bonds. The van der Waals surface area contributed by atoms with E-state index in [2.05, 4.69) is 53.5 Å². The van der Waals surface area contributed by atoms with Crippen molar-refractivity contribution in [2.75, 3.05) is 0 Å². The second-order valence-electron chi connectivity index (χ2n) is 6.35. The van der Waals surface area contributed by atoms with Gasteiger partial charge in [-0.05, 0) is 48.6 Å². The lowest BCUT2D eigenvalue weighted by Gasteiger charge is -2.06. The molecular weight excluding hydrogens is 423 g/mol. The fourth-order valence-electron chi connectivity index (χ4n) is 3.39. The van der Waals surface area contributed by atoms with Gasteiger partial charge in [0.15, 0.2) is 3.95 Å². The molecule has 134 valence electrons. The summed E-state index contributed by atoms with van der Waals surface area (Å²) in [4.78, 5) is 13.2. The van der Waals surface area contributed by atoms with Gasteiger partial charge in [-0.2, -0.15) is 0 Å². The molecule has 0 saturated heterocycles. The van der Waals surface area contributed by atoms with E-state index in [1.807, 2.05) is 12.1 Å². The number of nitrogens with zero attached hydrogens (tertiary/aromatic N) is 2. The highest BCUT2D eigenvalue weighted by Gasteiger charge is 2.19. The molecule has 0 bridgehead atoms. The molecule has 0 radical (unpaired) electrons. The van der Waals surface area contributed by atoms with Crippen LogP contribution >= 0.6 is 46.2 Å². The van der Waals surface area contributed by atoms with Gasteiger partial charge in [-0.1, -0.05) is 24.3 Å². The Bertz CT molecular complexity index is 1480. The number of aromatic nitrogens is 3. The van der Waals surface area contributed by atoms with E-state index in [0.29, 0.717) is 0 Å². The minimum absolute atomic E-state index is 0.777. The van der Waals surface area contributed by atoms with Gasteiger partial charge in [0.05, 0.1) is 30.6 Å². The summed E-state index contributed by atoms with van der Waals surface area (Å²) in [5, 5.41) is 1.99. The van der Waals surface area contributed by atoms with E-state index < -0.39 is 0 Å². The highest BCUT2D eigenvalue weighted by Crippen LogP contribution is 2.43. The van der Waals surface area contributed by atoms with Crippen molar-refractivity contribution < 1.29 is 0 Å². The summed E-state index contributed by atoms with van der Waals surface area (Å²) < 4.78 is 4.28. The molecule has 6 rings (SSSR count). The van der Waals surface area contributed by atoms with Crippen molar-refractivity contribution in [1.82, 2.24) is 15.0 Å². The van der Waals surface area contributed by atoms with Crippen LogP contribution in [0.2, 0.25) is 0 Å². The van der Waals surface area contributed by atoms with Gasteiger partial charge in [0, 0.05) is 11.1 Å². The van der Waals surface area contributed by atoms with Gasteiger partial charge in [0.25, 0.3) is 0 Å². The molecule has 3 aromatic heterocycles. The molecule has 3 aromatic carbocycles. The molecule has 6 aromatic rings. The fraction of sp³-hybridized carbons (Fsp3) is 0. The molecule has 0 spiro atoms. The van der Waals surface area contributed by atoms with Crippen LogP contribution in [0.1, 0.15) is 0 Å². The first kappa shape index (κ1) is 16.5. The normalized spacial score (nSPS) is 11.7. The standard InChI is InChI=1S/C21H11N3S4/c25-21-24-18-16(28-21)10-9-11(19-22-12-5-1-3-7-14(12)26-19)17(18)20-23-13-6-2-4-8-15(13)27-20/h1-10H,(H,24,25). The van der Waals surface area contributed by atoms with Crippen LogP contribution in [-0.4, -0.2) is 15.0 Å². The van der Waals surface area contributed by atoms with Crippen molar-refractivity contribution in [1.29, 1.82) is 0 Å². The van der Waals surface area contributed by atoms with Crippen LogP contribution in [0.25, 0.3) is 51.8 Å².